The van der Waals surface area contributed by atoms with Crippen LogP contribution in [0.15, 0.2) is 0 Å². The van der Waals surface area contributed by atoms with Gasteiger partial charge >= 0.3 is 5.97 Å². The molecule has 0 radical (unpaired) electrons. The number of aromatic nitrogens is 2. The van der Waals surface area contributed by atoms with Gasteiger partial charge in [0.15, 0.2) is 0 Å². The Morgan fingerprint density at radius 3 is 2.56 bits per heavy atom. The molecule has 0 aliphatic heterocycles. The minimum Gasteiger partial charge on any atom is -0.480 e. The van der Waals surface area contributed by atoms with Crippen molar-refractivity contribution in [3.63, 3.8) is 0 Å². The van der Waals surface area contributed by atoms with Crippen molar-refractivity contribution < 1.29 is 14.1 Å². The Morgan fingerprint density at radius 1 is 1.56 bits per heavy atom. The van der Waals surface area contributed by atoms with Crippen LogP contribution in [-0.4, -0.2) is 30.3 Å². The predicted molar refractivity (Wildman–Crippen MR) is 71.2 cm³/mol. The average molecular weight is 293 g/mol. The van der Waals surface area contributed by atoms with E-state index in [9.17, 15) is 9.00 Å². The smallest absolute Gasteiger partial charge is 0.319 e. The third-order valence-electron chi connectivity index (χ3n) is 2.75. The van der Waals surface area contributed by atoms with E-state index in [2.05, 4.69) is 5.10 Å². The first kappa shape index (κ1) is 15.2. The van der Waals surface area contributed by atoms with Crippen LogP contribution < -0.4 is 0 Å². The number of aryl methyl sites for hydroxylation is 2. The maximum Gasteiger partial charge on any atom is 0.319 e. The number of aliphatic carboxylic acids is 1. The second kappa shape index (κ2) is 6.33. The lowest BCUT2D eigenvalue weighted by Crippen LogP contribution is -2.26. The number of carboxylic acid groups (broad SMARTS) is 1. The van der Waals surface area contributed by atoms with Gasteiger partial charge in [-0.15, -0.1) is 0 Å². The minimum atomic E-state index is -1.49. The highest BCUT2D eigenvalue weighted by molar-refractivity contribution is 7.85. The summed E-state index contributed by atoms with van der Waals surface area (Å²) in [5, 5.41) is 12.8. The quantitative estimate of drug-likeness (QED) is 0.867. The Balaban J connectivity index is 2.94. The highest BCUT2D eigenvalue weighted by Gasteiger charge is 2.25. The number of nitrogens with zero attached hydrogens (tertiary/aromatic N) is 2. The van der Waals surface area contributed by atoms with Crippen molar-refractivity contribution in [2.45, 2.75) is 37.7 Å². The number of halogens is 1. The molecule has 1 rings (SSSR count). The summed E-state index contributed by atoms with van der Waals surface area (Å²) < 4.78 is 13.6. The topological polar surface area (TPSA) is 72.2 Å². The van der Waals surface area contributed by atoms with Crippen LogP contribution in [0.3, 0.4) is 0 Å². The van der Waals surface area contributed by atoms with Gasteiger partial charge in [-0.05, 0) is 12.8 Å². The summed E-state index contributed by atoms with van der Waals surface area (Å²) in [6.07, 6.45) is 1.02. The van der Waals surface area contributed by atoms with Crippen LogP contribution in [0.4, 0.5) is 0 Å². The molecule has 0 spiro atoms. The zero-order valence-electron chi connectivity index (χ0n) is 10.6. The van der Waals surface area contributed by atoms with Crippen LogP contribution in [0.2, 0.25) is 5.02 Å². The Bertz CT molecular complexity index is 473. The van der Waals surface area contributed by atoms with E-state index < -0.39 is 22.0 Å². The van der Waals surface area contributed by atoms with Crippen LogP contribution in [0.25, 0.3) is 0 Å². The maximum absolute atomic E-state index is 12.0. The normalized spacial score (nSPS) is 14.4. The van der Waals surface area contributed by atoms with Crippen molar-refractivity contribution >= 4 is 28.4 Å². The van der Waals surface area contributed by atoms with E-state index >= 15 is 0 Å². The second-order valence-electron chi connectivity index (χ2n) is 3.94. The molecular weight excluding hydrogens is 276 g/mol. The van der Waals surface area contributed by atoms with E-state index in [1.54, 1.807) is 18.7 Å². The van der Waals surface area contributed by atoms with Crippen molar-refractivity contribution in [2.75, 3.05) is 0 Å². The summed E-state index contributed by atoms with van der Waals surface area (Å²) in [6, 6.07) is 0. The Hall–Kier alpha value is -0.880. The van der Waals surface area contributed by atoms with Gasteiger partial charge in [0, 0.05) is 17.8 Å². The van der Waals surface area contributed by atoms with Crippen molar-refractivity contribution in [1.29, 1.82) is 0 Å². The van der Waals surface area contributed by atoms with Crippen LogP contribution in [0.1, 0.15) is 31.7 Å². The third-order valence-corrected chi connectivity index (χ3v) is 4.91. The van der Waals surface area contributed by atoms with Crippen molar-refractivity contribution in [3.05, 3.63) is 16.4 Å². The van der Waals surface area contributed by atoms with E-state index in [0.717, 1.165) is 5.69 Å². The highest BCUT2D eigenvalue weighted by atomic mass is 35.5. The third kappa shape index (κ3) is 3.11. The molecule has 0 aliphatic carbocycles. The van der Waals surface area contributed by atoms with Crippen LogP contribution in [0.5, 0.6) is 0 Å². The summed E-state index contributed by atoms with van der Waals surface area (Å²) in [5.74, 6) is -0.919. The van der Waals surface area contributed by atoms with Gasteiger partial charge in [-0.3, -0.25) is 13.7 Å². The van der Waals surface area contributed by atoms with Gasteiger partial charge in [0.05, 0.1) is 22.2 Å². The molecule has 1 aromatic heterocycles. The molecule has 2 unspecified atom stereocenters. The fourth-order valence-corrected chi connectivity index (χ4v) is 3.52. The van der Waals surface area contributed by atoms with Crippen LogP contribution in [-0.2, 0) is 34.8 Å². The van der Waals surface area contributed by atoms with Gasteiger partial charge in [-0.1, -0.05) is 25.4 Å². The first-order valence-corrected chi connectivity index (χ1v) is 7.48. The van der Waals surface area contributed by atoms with Gasteiger partial charge in [0.1, 0.15) is 5.25 Å². The largest absolute Gasteiger partial charge is 0.480 e. The molecule has 0 aromatic carbocycles. The number of hydrogen-bond acceptors (Lipinski definition) is 3. The molecule has 7 heteroatoms. The summed E-state index contributed by atoms with van der Waals surface area (Å²) in [4.78, 5) is 10.9. The van der Waals surface area contributed by atoms with Crippen molar-refractivity contribution in [3.8, 4) is 0 Å². The lowest BCUT2D eigenvalue weighted by Gasteiger charge is -2.10. The Labute approximate surface area is 114 Å². The molecule has 0 bridgehead atoms. The molecule has 0 fully saturated rings. The maximum atomic E-state index is 12.0. The predicted octanol–water partition coefficient (Wildman–Crippen LogP) is 1.75. The lowest BCUT2D eigenvalue weighted by atomic mass is 10.3. The molecule has 0 amide bonds. The van der Waals surface area contributed by atoms with E-state index in [1.807, 2.05) is 6.92 Å². The molecule has 102 valence electrons. The molecule has 5 nitrogen and oxygen atoms in total. The van der Waals surface area contributed by atoms with E-state index in [0.29, 0.717) is 23.6 Å². The molecule has 0 aliphatic rings. The SMILES string of the molecule is CCc1nn(C)c(CS(=O)C(CC)C(=O)O)c1Cl. The first-order valence-electron chi connectivity index (χ1n) is 5.72. The fourth-order valence-electron chi connectivity index (χ4n) is 1.68. The molecule has 1 N–H and O–H groups in total. The van der Waals surface area contributed by atoms with E-state index in [-0.39, 0.29) is 5.75 Å². The minimum absolute atomic E-state index is 0.118. The Kier molecular flexibility index (Phi) is 5.34. The Morgan fingerprint density at radius 2 is 2.17 bits per heavy atom. The molecule has 1 aromatic rings. The monoisotopic (exact) mass is 292 g/mol. The molecule has 0 saturated carbocycles. The van der Waals surface area contributed by atoms with Gasteiger partial charge in [0.25, 0.3) is 0 Å². The molecule has 18 heavy (non-hydrogen) atoms. The number of carboxylic acids is 1. The summed E-state index contributed by atoms with van der Waals surface area (Å²) >= 11 is 6.14. The fraction of sp³-hybridized carbons (Fsp3) is 0.636. The zero-order valence-corrected chi connectivity index (χ0v) is 12.2. The van der Waals surface area contributed by atoms with Gasteiger partial charge in [-0.25, -0.2) is 0 Å². The average Bonchev–Trinajstić information content (AvgIpc) is 2.56. The zero-order chi connectivity index (χ0) is 13.9. The lowest BCUT2D eigenvalue weighted by molar-refractivity contribution is -0.136. The van der Waals surface area contributed by atoms with Gasteiger partial charge < -0.3 is 5.11 Å². The van der Waals surface area contributed by atoms with Crippen LogP contribution in [0, 0.1) is 0 Å². The van der Waals surface area contributed by atoms with Crippen LogP contribution >= 0.6 is 11.6 Å². The summed E-state index contributed by atoms with van der Waals surface area (Å²) in [5.41, 5.74) is 1.38. The molecular formula is C11H17ClN2O3S. The number of carbonyl (C=O) groups is 1. The van der Waals surface area contributed by atoms with Gasteiger partial charge in [0.2, 0.25) is 0 Å². The summed E-state index contributed by atoms with van der Waals surface area (Å²) in [6.45, 7) is 3.64. The number of rotatable bonds is 6. The van der Waals surface area contributed by atoms with Crippen molar-refractivity contribution in [1.82, 2.24) is 9.78 Å². The summed E-state index contributed by atoms with van der Waals surface area (Å²) in [7, 11) is 0.229. The second-order valence-corrected chi connectivity index (χ2v) is 5.94. The molecule has 1 heterocycles. The molecule has 0 saturated heterocycles. The van der Waals surface area contributed by atoms with Gasteiger partial charge in [-0.2, -0.15) is 5.10 Å². The standard InChI is InChI=1S/C11H17ClN2O3S/c1-4-7-10(12)8(14(3)13-7)6-18(17)9(5-2)11(15)16/h9H,4-6H2,1-3H3,(H,15,16). The first-order chi connectivity index (χ1) is 8.42. The van der Waals surface area contributed by atoms with Crippen molar-refractivity contribution in [2.24, 2.45) is 7.05 Å². The van der Waals surface area contributed by atoms with E-state index in [1.165, 1.54) is 0 Å². The highest BCUT2D eigenvalue weighted by Crippen LogP contribution is 2.23. The van der Waals surface area contributed by atoms with E-state index in [4.69, 9.17) is 16.7 Å². The number of hydrogen-bond donors (Lipinski definition) is 1. The molecule has 2 atom stereocenters.